The highest BCUT2D eigenvalue weighted by atomic mass is 35.9. The van der Waals surface area contributed by atoms with Crippen LogP contribution in [0.5, 0.6) is 0 Å². The van der Waals surface area contributed by atoms with E-state index in [1.165, 1.54) is 5.56 Å². The molecule has 3 aromatic carbocycles. The summed E-state index contributed by atoms with van der Waals surface area (Å²) < 4.78 is 0. The van der Waals surface area contributed by atoms with Gasteiger partial charge in [0.2, 0.25) is 0 Å². The van der Waals surface area contributed by atoms with Crippen molar-refractivity contribution in [2.24, 2.45) is 0 Å². The van der Waals surface area contributed by atoms with Gasteiger partial charge in [-0.3, -0.25) is 0 Å². The number of nitrogens with zero attached hydrogens (tertiary/aromatic N) is 1. The molecule has 0 radical (unpaired) electrons. The van der Waals surface area contributed by atoms with Crippen molar-refractivity contribution in [3.05, 3.63) is 84.4 Å². The van der Waals surface area contributed by atoms with Crippen molar-refractivity contribution in [3.8, 4) is 0 Å². The lowest BCUT2D eigenvalue weighted by molar-refractivity contribution is 0.867. The van der Waals surface area contributed by atoms with Crippen molar-refractivity contribution >= 4 is 51.5 Å². The monoisotopic (exact) mass is 387 g/mol. The topological polar surface area (TPSA) is 3.24 Å². The van der Waals surface area contributed by atoms with Gasteiger partial charge in [0, 0.05) is 16.7 Å². The molecule has 0 N–H and O–H groups in total. The summed E-state index contributed by atoms with van der Waals surface area (Å²) in [6.45, 7) is 3.13. The number of hydrogen-bond acceptors (Lipinski definition) is 1. The van der Waals surface area contributed by atoms with Crippen molar-refractivity contribution in [2.45, 2.75) is 19.8 Å². The molecule has 128 valence electrons. The first-order valence-electron chi connectivity index (χ1n) is 8.24. The minimum Gasteiger partial charge on any atom is -0.310 e. The van der Waals surface area contributed by atoms with Gasteiger partial charge in [0.25, 0.3) is 0 Å². The van der Waals surface area contributed by atoms with Crippen molar-refractivity contribution in [2.75, 3.05) is 4.90 Å². The average Bonchev–Trinajstić information content (AvgIpc) is 2.63. The third-order valence-electron chi connectivity index (χ3n) is 4.12. The van der Waals surface area contributed by atoms with Crippen LogP contribution in [-0.2, 0) is 0 Å². The van der Waals surface area contributed by atoms with E-state index >= 15 is 0 Å². The standard InChI is InChI=1S/C21H20Cl2NP/c1-16(2)17-13-14-21(25(22)23)20(15-17)24(18-9-5-3-6-10-18)19-11-7-4-8-12-19/h3-16H,1-2H3. The van der Waals surface area contributed by atoms with Crippen LogP contribution in [0.3, 0.4) is 0 Å². The average molecular weight is 388 g/mol. The lowest BCUT2D eigenvalue weighted by Crippen LogP contribution is -2.17. The number of benzene rings is 3. The second-order valence-electron chi connectivity index (χ2n) is 6.14. The molecule has 3 rings (SSSR count). The predicted octanol–water partition coefficient (Wildman–Crippen LogP) is 7.69. The van der Waals surface area contributed by atoms with Gasteiger partial charge in [-0.05, 0) is 47.9 Å². The molecule has 1 nitrogen and oxygen atoms in total. The van der Waals surface area contributed by atoms with Crippen LogP contribution in [-0.4, -0.2) is 0 Å². The maximum absolute atomic E-state index is 6.36. The molecule has 0 spiro atoms. The van der Waals surface area contributed by atoms with Gasteiger partial charge < -0.3 is 4.90 Å². The third-order valence-corrected chi connectivity index (χ3v) is 5.95. The van der Waals surface area contributed by atoms with Gasteiger partial charge in [-0.1, -0.05) is 78.8 Å². The zero-order valence-corrected chi connectivity index (χ0v) is 16.6. The fraction of sp³-hybridized carbons (Fsp3) is 0.143. The van der Waals surface area contributed by atoms with Gasteiger partial charge in [0.05, 0.1) is 5.69 Å². The molecule has 25 heavy (non-hydrogen) atoms. The smallest absolute Gasteiger partial charge is 0.119 e. The first-order chi connectivity index (χ1) is 12.1. The Labute approximate surface area is 160 Å². The lowest BCUT2D eigenvalue weighted by atomic mass is 10.0. The highest BCUT2D eigenvalue weighted by molar-refractivity contribution is 8.09. The highest BCUT2D eigenvalue weighted by Crippen LogP contribution is 2.50. The first kappa shape index (κ1) is 18.3. The molecule has 0 fully saturated rings. The molecule has 0 saturated heterocycles. The van der Waals surface area contributed by atoms with Crippen LogP contribution in [0, 0.1) is 0 Å². The largest absolute Gasteiger partial charge is 0.310 e. The minimum atomic E-state index is -1.26. The second-order valence-corrected chi connectivity index (χ2v) is 9.64. The highest BCUT2D eigenvalue weighted by Gasteiger charge is 2.20. The third kappa shape index (κ3) is 4.18. The molecule has 4 heteroatoms. The zero-order valence-electron chi connectivity index (χ0n) is 14.2. The van der Waals surface area contributed by atoms with Gasteiger partial charge >= 0.3 is 0 Å². The van der Waals surface area contributed by atoms with Crippen LogP contribution >= 0.6 is 29.1 Å². The molecule has 0 aliphatic heterocycles. The van der Waals surface area contributed by atoms with E-state index in [0.29, 0.717) is 5.92 Å². The predicted molar refractivity (Wildman–Crippen MR) is 113 cm³/mol. The summed E-state index contributed by atoms with van der Waals surface area (Å²) in [4.78, 5) is 2.22. The van der Waals surface area contributed by atoms with Crippen molar-refractivity contribution in [1.82, 2.24) is 0 Å². The summed E-state index contributed by atoms with van der Waals surface area (Å²) in [5.41, 5.74) is 4.47. The number of hydrogen-bond donors (Lipinski definition) is 0. The minimum absolute atomic E-state index is 0.429. The fourth-order valence-electron chi connectivity index (χ4n) is 2.80. The van der Waals surface area contributed by atoms with Gasteiger partial charge in [-0.2, -0.15) is 0 Å². The molecule has 0 aromatic heterocycles. The molecule has 0 saturated carbocycles. The molecule has 0 heterocycles. The number of rotatable bonds is 5. The first-order valence-corrected chi connectivity index (χ1v) is 11.4. The molecule has 0 bridgehead atoms. The molecule has 0 amide bonds. The Morgan fingerprint density at radius 2 is 1.28 bits per heavy atom. The van der Waals surface area contributed by atoms with E-state index in [-0.39, 0.29) is 0 Å². The summed E-state index contributed by atoms with van der Waals surface area (Å²) in [6, 6.07) is 27.0. The summed E-state index contributed by atoms with van der Waals surface area (Å²) in [6.07, 6.45) is 0. The van der Waals surface area contributed by atoms with Crippen LogP contribution in [0.4, 0.5) is 17.1 Å². The quantitative estimate of drug-likeness (QED) is 0.405. The molecule has 0 unspecified atom stereocenters. The van der Waals surface area contributed by atoms with Crippen LogP contribution in [0.2, 0.25) is 0 Å². The Bertz CT molecular complexity index is 780. The van der Waals surface area contributed by atoms with E-state index < -0.39 is 6.63 Å². The SMILES string of the molecule is CC(C)c1ccc(P(Cl)Cl)c(N(c2ccccc2)c2ccccc2)c1. The fourth-order valence-corrected chi connectivity index (χ4v) is 4.19. The molecule has 0 aliphatic carbocycles. The Morgan fingerprint density at radius 1 is 0.760 bits per heavy atom. The van der Waals surface area contributed by atoms with Gasteiger partial charge in [0.1, 0.15) is 6.63 Å². The number of anilines is 3. The molecule has 3 aromatic rings. The van der Waals surface area contributed by atoms with Gasteiger partial charge in [0.15, 0.2) is 0 Å². The summed E-state index contributed by atoms with van der Waals surface area (Å²) in [7, 11) is 0. The Balaban J connectivity index is 2.24. The van der Waals surface area contributed by atoms with Crippen LogP contribution in [0.25, 0.3) is 0 Å². The van der Waals surface area contributed by atoms with E-state index in [1.807, 2.05) is 36.4 Å². The van der Waals surface area contributed by atoms with Crippen LogP contribution < -0.4 is 10.2 Å². The van der Waals surface area contributed by atoms with Crippen LogP contribution in [0.1, 0.15) is 25.3 Å². The summed E-state index contributed by atoms with van der Waals surface area (Å²) >= 11 is 12.7. The van der Waals surface area contributed by atoms with Crippen molar-refractivity contribution in [3.63, 3.8) is 0 Å². The Morgan fingerprint density at radius 3 is 1.72 bits per heavy atom. The number of para-hydroxylation sites is 2. The zero-order chi connectivity index (χ0) is 17.8. The molecular weight excluding hydrogens is 368 g/mol. The summed E-state index contributed by atoms with van der Waals surface area (Å²) in [5, 5.41) is 0.968. The molecule has 0 aliphatic rings. The lowest BCUT2D eigenvalue weighted by Gasteiger charge is -2.28. The number of halogens is 2. The van der Waals surface area contributed by atoms with Crippen molar-refractivity contribution in [1.29, 1.82) is 0 Å². The van der Waals surface area contributed by atoms with Gasteiger partial charge in [-0.15, -0.1) is 0 Å². The van der Waals surface area contributed by atoms with E-state index in [2.05, 4.69) is 61.2 Å². The Hall–Kier alpha value is -1.53. The second kappa shape index (κ2) is 8.23. The van der Waals surface area contributed by atoms with Crippen molar-refractivity contribution < 1.29 is 0 Å². The molecule has 0 atom stereocenters. The molecular formula is C21H20Cl2NP. The van der Waals surface area contributed by atoms with Gasteiger partial charge in [-0.25, -0.2) is 0 Å². The van der Waals surface area contributed by atoms with Crippen LogP contribution in [0.15, 0.2) is 78.9 Å². The summed E-state index contributed by atoms with van der Waals surface area (Å²) in [5.74, 6) is 0.429. The Kier molecular flexibility index (Phi) is 6.02. The maximum Gasteiger partial charge on any atom is 0.119 e. The maximum atomic E-state index is 6.36. The van der Waals surface area contributed by atoms with E-state index in [4.69, 9.17) is 22.5 Å². The van der Waals surface area contributed by atoms with E-state index in [1.54, 1.807) is 0 Å². The van der Waals surface area contributed by atoms with E-state index in [0.717, 1.165) is 22.4 Å². The normalized spacial score (nSPS) is 11.1. The van der Waals surface area contributed by atoms with E-state index in [9.17, 15) is 0 Å².